The lowest BCUT2D eigenvalue weighted by atomic mass is 10.1. The van der Waals surface area contributed by atoms with Crippen molar-refractivity contribution in [2.75, 3.05) is 13.1 Å². The molecule has 0 spiro atoms. The van der Waals surface area contributed by atoms with E-state index in [-0.39, 0.29) is 6.04 Å². The van der Waals surface area contributed by atoms with Gasteiger partial charge in [0.25, 0.3) is 0 Å². The van der Waals surface area contributed by atoms with Crippen LogP contribution in [0.2, 0.25) is 0 Å². The number of nitrogens with one attached hydrogen (secondary N) is 3. The number of amidine groups is 1. The van der Waals surface area contributed by atoms with Gasteiger partial charge in [0.15, 0.2) is 5.82 Å². The molecule has 204 valence electrons. The number of allylic oxidation sites excluding steroid dienone is 1. The molecule has 0 aliphatic heterocycles. The minimum Gasteiger partial charge on any atom is -0.401 e. The van der Waals surface area contributed by atoms with Gasteiger partial charge in [0.1, 0.15) is 23.1 Å². The van der Waals surface area contributed by atoms with Crippen molar-refractivity contribution in [3.63, 3.8) is 0 Å². The number of aliphatic imine (C=N–C) groups is 2. The first-order valence-electron chi connectivity index (χ1n) is 13.3. The molecule has 2 atom stereocenters. The van der Waals surface area contributed by atoms with E-state index in [2.05, 4.69) is 54.9 Å². The Balaban J connectivity index is 1.53. The fraction of sp³-hybridized carbons (Fsp3) is 0.464. The van der Waals surface area contributed by atoms with Crippen LogP contribution in [0, 0.1) is 13.8 Å². The van der Waals surface area contributed by atoms with E-state index < -0.39 is 6.23 Å². The van der Waals surface area contributed by atoms with Gasteiger partial charge in [-0.3, -0.25) is 5.32 Å². The van der Waals surface area contributed by atoms with Crippen molar-refractivity contribution < 1.29 is 5.11 Å². The van der Waals surface area contributed by atoms with Gasteiger partial charge in [-0.15, -0.1) is 0 Å². The molecule has 3 rings (SSSR count). The zero-order valence-electron chi connectivity index (χ0n) is 23.1. The van der Waals surface area contributed by atoms with Crippen LogP contribution in [0.25, 0.3) is 11.0 Å². The first kappa shape index (κ1) is 29.1. The van der Waals surface area contributed by atoms with Crippen LogP contribution in [-0.2, 0) is 0 Å². The number of benzene rings is 1. The molecule has 2 unspecified atom stereocenters. The SMILES string of the molecule is CCCC(CCNC(O)c1ccc2n[nH]nc2c1)NCC(N)=C(C=NC(C)=Nc1cc(C)cc(C)n1)CC. The molecule has 0 amide bonds. The number of fused-ring (bicyclic) bond motifs is 1. The summed E-state index contributed by atoms with van der Waals surface area (Å²) in [5, 5.41) is 28.1. The number of rotatable bonds is 13. The lowest BCUT2D eigenvalue weighted by Crippen LogP contribution is -2.36. The average Bonchev–Trinajstić information content (AvgIpc) is 3.35. The third-order valence-corrected chi connectivity index (χ3v) is 6.27. The van der Waals surface area contributed by atoms with E-state index in [0.717, 1.165) is 64.8 Å². The fourth-order valence-electron chi connectivity index (χ4n) is 4.25. The van der Waals surface area contributed by atoms with Gasteiger partial charge >= 0.3 is 0 Å². The third-order valence-electron chi connectivity index (χ3n) is 6.27. The first-order valence-corrected chi connectivity index (χ1v) is 13.3. The standard InChI is InChI=1S/C28H41N9O/c1-6-8-23(11-12-30-28(38)22-9-10-25-26(15-22)36-37-35-25)32-17-24(29)21(7-2)16-31-20(5)34-27-14-18(3)13-19(4)33-27/h9-10,13-16,23,28,30,32,38H,6-8,11-12,17,29H2,1-5H3,(H,35,36,37). The summed E-state index contributed by atoms with van der Waals surface area (Å²) in [6, 6.07) is 9.77. The van der Waals surface area contributed by atoms with Crippen molar-refractivity contribution >= 4 is 28.9 Å². The van der Waals surface area contributed by atoms with Crippen molar-refractivity contribution in [2.24, 2.45) is 15.7 Å². The maximum atomic E-state index is 10.6. The maximum absolute atomic E-state index is 10.6. The first-order chi connectivity index (χ1) is 18.3. The molecule has 1 aromatic carbocycles. The van der Waals surface area contributed by atoms with E-state index in [1.165, 1.54) is 0 Å². The maximum Gasteiger partial charge on any atom is 0.154 e. The summed E-state index contributed by atoms with van der Waals surface area (Å²) >= 11 is 0. The van der Waals surface area contributed by atoms with Gasteiger partial charge in [0, 0.05) is 30.2 Å². The number of aromatic amines is 1. The molecular formula is C28H41N9O. The van der Waals surface area contributed by atoms with Crippen molar-refractivity contribution in [1.29, 1.82) is 0 Å². The molecule has 10 heteroatoms. The van der Waals surface area contributed by atoms with Gasteiger partial charge in [0.05, 0.1) is 0 Å². The number of aliphatic hydroxyl groups excluding tert-OH is 1. The molecule has 2 aromatic heterocycles. The summed E-state index contributed by atoms with van der Waals surface area (Å²) in [5.41, 5.74) is 12.5. The van der Waals surface area contributed by atoms with Gasteiger partial charge < -0.3 is 16.2 Å². The Hall–Kier alpha value is -3.47. The monoisotopic (exact) mass is 519 g/mol. The van der Waals surface area contributed by atoms with Crippen molar-refractivity contribution in [3.8, 4) is 0 Å². The number of aromatic nitrogens is 4. The Kier molecular flexibility index (Phi) is 11.1. The lowest BCUT2D eigenvalue weighted by molar-refractivity contribution is 0.137. The largest absolute Gasteiger partial charge is 0.401 e. The van der Waals surface area contributed by atoms with Gasteiger partial charge in [-0.1, -0.05) is 26.3 Å². The number of hydrogen-bond acceptors (Lipinski definition) is 8. The topological polar surface area (TPSA) is 149 Å². The number of nitrogens with zero attached hydrogens (tertiary/aromatic N) is 5. The number of aliphatic hydroxyl groups is 1. The highest BCUT2D eigenvalue weighted by molar-refractivity contribution is 5.94. The second-order valence-electron chi connectivity index (χ2n) is 9.55. The van der Waals surface area contributed by atoms with Crippen LogP contribution in [0.5, 0.6) is 0 Å². The molecule has 0 radical (unpaired) electrons. The van der Waals surface area contributed by atoms with Crippen molar-refractivity contribution in [3.05, 3.63) is 58.4 Å². The van der Waals surface area contributed by atoms with E-state index in [4.69, 9.17) is 5.73 Å². The Morgan fingerprint density at radius 3 is 2.63 bits per heavy atom. The summed E-state index contributed by atoms with van der Waals surface area (Å²) in [4.78, 5) is 13.5. The third kappa shape index (κ3) is 8.83. The second kappa shape index (κ2) is 14.5. The molecule has 3 aromatic rings. The summed E-state index contributed by atoms with van der Waals surface area (Å²) < 4.78 is 0. The smallest absolute Gasteiger partial charge is 0.154 e. The van der Waals surface area contributed by atoms with E-state index in [1.807, 2.05) is 51.1 Å². The molecule has 0 aliphatic rings. The predicted octanol–water partition coefficient (Wildman–Crippen LogP) is 4.14. The van der Waals surface area contributed by atoms with Crippen molar-refractivity contribution in [1.82, 2.24) is 31.0 Å². The second-order valence-corrected chi connectivity index (χ2v) is 9.55. The minimum atomic E-state index is -0.768. The van der Waals surface area contributed by atoms with Crippen LogP contribution in [0.1, 0.15) is 69.5 Å². The average molecular weight is 520 g/mol. The highest BCUT2D eigenvalue weighted by atomic mass is 16.3. The molecule has 0 saturated heterocycles. The molecule has 38 heavy (non-hydrogen) atoms. The fourth-order valence-corrected chi connectivity index (χ4v) is 4.25. The minimum absolute atomic E-state index is 0.269. The molecule has 0 saturated carbocycles. The van der Waals surface area contributed by atoms with Crippen LogP contribution >= 0.6 is 0 Å². The van der Waals surface area contributed by atoms with E-state index >= 15 is 0 Å². The molecule has 10 nitrogen and oxygen atoms in total. The Morgan fingerprint density at radius 1 is 1.11 bits per heavy atom. The van der Waals surface area contributed by atoms with E-state index in [0.29, 0.717) is 24.7 Å². The Morgan fingerprint density at radius 2 is 1.89 bits per heavy atom. The summed E-state index contributed by atoms with van der Waals surface area (Å²) in [6.45, 7) is 11.3. The zero-order chi connectivity index (χ0) is 27.5. The molecule has 0 bridgehead atoms. The summed E-state index contributed by atoms with van der Waals surface area (Å²) in [7, 11) is 0. The highest BCUT2D eigenvalue weighted by Crippen LogP contribution is 2.16. The number of pyridine rings is 1. The van der Waals surface area contributed by atoms with Crippen molar-refractivity contribution in [2.45, 2.75) is 72.6 Å². The van der Waals surface area contributed by atoms with Gasteiger partial charge in [-0.25, -0.2) is 15.0 Å². The van der Waals surface area contributed by atoms with Crippen LogP contribution in [-0.4, -0.2) is 56.7 Å². The normalized spacial score (nSPS) is 14.7. The number of hydrogen-bond donors (Lipinski definition) is 5. The number of H-pyrrole nitrogens is 1. The predicted molar refractivity (Wildman–Crippen MR) is 155 cm³/mol. The zero-order valence-corrected chi connectivity index (χ0v) is 23.1. The van der Waals surface area contributed by atoms with E-state index in [1.54, 1.807) is 6.21 Å². The highest BCUT2D eigenvalue weighted by Gasteiger charge is 2.12. The molecule has 2 heterocycles. The van der Waals surface area contributed by atoms with Crippen LogP contribution in [0.3, 0.4) is 0 Å². The Labute approximate surface area is 225 Å². The lowest BCUT2D eigenvalue weighted by Gasteiger charge is -2.21. The summed E-state index contributed by atoms with van der Waals surface area (Å²) in [5.74, 6) is 1.29. The molecular weight excluding hydrogens is 478 g/mol. The molecule has 0 aliphatic carbocycles. The Bertz CT molecular complexity index is 1260. The van der Waals surface area contributed by atoms with Crippen LogP contribution in [0.4, 0.5) is 5.82 Å². The van der Waals surface area contributed by atoms with Gasteiger partial charge in [-0.2, -0.15) is 15.4 Å². The quantitative estimate of drug-likeness (QED) is 0.129. The van der Waals surface area contributed by atoms with Gasteiger partial charge in [0.2, 0.25) is 0 Å². The van der Waals surface area contributed by atoms with Crippen LogP contribution < -0.4 is 16.4 Å². The summed E-state index contributed by atoms with van der Waals surface area (Å²) in [6.07, 6.45) is 4.73. The van der Waals surface area contributed by atoms with E-state index in [9.17, 15) is 5.11 Å². The van der Waals surface area contributed by atoms with Crippen LogP contribution in [0.15, 0.2) is 51.6 Å². The molecule has 0 fully saturated rings. The number of nitrogens with two attached hydrogens (primary N) is 1. The number of aryl methyl sites for hydroxylation is 2. The molecule has 6 N–H and O–H groups in total. The van der Waals surface area contributed by atoms with Gasteiger partial charge in [-0.05, 0) is 87.5 Å².